The molecule has 0 atom stereocenters. The molecule has 0 saturated heterocycles. The molecule has 0 fully saturated rings. The number of hydrogen-bond acceptors (Lipinski definition) is 8. The molecule has 0 aliphatic rings. The minimum Gasteiger partial charge on any atom is -0.353 e. The molecule has 2 N–H and O–H groups in total. The molecule has 0 saturated carbocycles. The Morgan fingerprint density at radius 3 is 2.59 bits per heavy atom. The van der Waals surface area contributed by atoms with Gasteiger partial charge in [0.1, 0.15) is 12.7 Å². The van der Waals surface area contributed by atoms with Crippen LogP contribution in [0, 0.1) is 22.5 Å². The van der Waals surface area contributed by atoms with Crippen LogP contribution in [0.4, 0.5) is 23.0 Å². The van der Waals surface area contributed by atoms with Crippen LogP contribution in [0.3, 0.4) is 0 Å². The average molecular weight is 396 g/mol. The van der Waals surface area contributed by atoms with E-state index in [1.807, 2.05) is 25.1 Å². The highest BCUT2D eigenvalue weighted by Gasteiger charge is 2.28. The molecule has 0 amide bonds. The zero-order chi connectivity index (χ0) is 21.2. The Balaban J connectivity index is 2.01. The Morgan fingerprint density at radius 2 is 1.97 bits per heavy atom. The lowest BCUT2D eigenvalue weighted by Crippen LogP contribution is -2.30. The molecule has 0 aliphatic heterocycles. The summed E-state index contributed by atoms with van der Waals surface area (Å²) in [6, 6.07) is 5.65. The summed E-state index contributed by atoms with van der Waals surface area (Å²) in [4.78, 5) is 25.7. The molecule has 0 spiro atoms. The van der Waals surface area contributed by atoms with Gasteiger partial charge in [0.15, 0.2) is 5.82 Å². The fourth-order valence-electron chi connectivity index (χ4n) is 3.07. The first kappa shape index (κ1) is 20.2. The van der Waals surface area contributed by atoms with Gasteiger partial charge in [0, 0.05) is 24.8 Å². The number of aryl methyl sites for hydroxylation is 1. The molecule has 1 aromatic carbocycles. The Kier molecular flexibility index (Phi) is 5.44. The predicted molar refractivity (Wildman–Crippen MR) is 111 cm³/mol. The average Bonchev–Trinajstić information content (AvgIpc) is 3.16. The molecular formula is C19H24N8O2. The van der Waals surface area contributed by atoms with Crippen molar-refractivity contribution < 1.29 is 4.92 Å². The molecule has 10 nitrogen and oxygen atoms in total. The number of hydrogen-bond donors (Lipinski definition) is 2. The smallest absolute Gasteiger partial charge is 0.353 e. The van der Waals surface area contributed by atoms with Gasteiger partial charge in [0.25, 0.3) is 0 Å². The van der Waals surface area contributed by atoms with Crippen molar-refractivity contribution in [3.63, 3.8) is 0 Å². The lowest BCUT2D eigenvalue weighted by Gasteiger charge is -2.27. The van der Waals surface area contributed by atoms with Crippen LogP contribution < -0.4 is 10.2 Å². The number of nitro groups is 1. The first-order valence-electron chi connectivity index (χ1n) is 9.09. The summed E-state index contributed by atoms with van der Waals surface area (Å²) < 4.78 is 0. The van der Waals surface area contributed by atoms with Crippen molar-refractivity contribution in [1.29, 1.82) is 0 Å². The number of nitrogens with one attached hydrogen (secondary N) is 2. The Bertz CT molecular complexity index is 1010. The van der Waals surface area contributed by atoms with Crippen molar-refractivity contribution >= 4 is 23.0 Å². The first-order chi connectivity index (χ1) is 13.7. The third-order valence-electron chi connectivity index (χ3n) is 4.24. The zero-order valence-corrected chi connectivity index (χ0v) is 17.1. The number of rotatable bonds is 6. The van der Waals surface area contributed by atoms with E-state index >= 15 is 0 Å². The van der Waals surface area contributed by atoms with Gasteiger partial charge in [0.2, 0.25) is 11.6 Å². The molecule has 0 aliphatic carbocycles. The second-order valence-electron chi connectivity index (χ2n) is 8.06. The second-order valence-corrected chi connectivity index (χ2v) is 8.06. The van der Waals surface area contributed by atoms with Crippen LogP contribution in [-0.4, -0.2) is 43.7 Å². The molecule has 3 aromatic rings. The van der Waals surface area contributed by atoms with E-state index in [-0.39, 0.29) is 22.7 Å². The molecule has 0 radical (unpaired) electrons. The van der Waals surface area contributed by atoms with Crippen LogP contribution in [0.25, 0.3) is 11.4 Å². The lowest BCUT2D eigenvalue weighted by atomic mass is 9.96. The van der Waals surface area contributed by atoms with Crippen LogP contribution in [0.15, 0.2) is 30.9 Å². The molecule has 2 aromatic heterocycles. The summed E-state index contributed by atoms with van der Waals surface area (Å²) >= 11 is 0. The summed E-state index contributed by atoms with van der Waals surface area (Å²) in [5.74, 6) is 1.01. The van der Waals surface area contributed by atoms with Crippen LogP contribution in [0.1, 0.15) is 26.3 Å². The number of benzene rings is 1. The van der Waals surface area contributed by atoms with E-state index in [9.17, 15) is 10.1 Å². The van der Waals surface area contributed by atoms with Gasteiger partial charge < -0.3 is 10.2 Å². The predicted octanol–water partition coefficient (Wildman–Crippen LogP) is 3.70. The van der Waals surface area contributed by atoms with Gasteiger partial charge in [-0.25, -0.2) is 15.0 Å². The van der Waals surface area contributed by atoms with Gasteiger partial charge in [-0.1, -0.05) is 32.9 Å². The van der Waals surface area contributed by atoms with Gasteiger partial charge in [-0.05, 0) is 24.0 Å². The van der Waals surface area contributed by atoms with E-state index in [1.165, 1.54) is 12.7 Å². The molecule has 0 bridgehead atoms. The second kappa shape index (κ2) is 7.82. The van der Waals surface area contributed by atoms with Crippen molar-refractivity contribution in [3.8, 4) is 11.4 Å². The Labute approximate surface area is 168 Å². The van der Waals surface area contributed by atoms with E-state index in [2.05, 4.69) is 51.2 Å². The number of anilines is 3. The first-order valence-corrected chi connectivity index (χ1v) is 9.09. The normalized spacial score (nSPS) is 11.3. The third-order valence-corrected chi connectivity index (χ3v) is 4.24. The highest BCUT2D eigenvalue weighted by Crippen LogP contribution is 2.35. The van der Waals surface area contributed by atoms with Crippen molar-refractivity contribution in [2.24, 2.45) is 5.41 Å². The lowest BCUT2D eigenvalue weighted by molar-refractivity contribution is -0.383. The highest BCUT2D eigenvalue weighted by atomic mass is 16.6. The van der Waals surface area contributed by atoms with Crippen LogP contribution in [-0.2, 0) is 0 Å². The summed E-state index contributed by atoms with van der Waals surface area (Å²) in [5, 5.41) is 21.6. The molecule has 152 valence electrons. The summed E-state index contributed by atoms with van der Waals surface area (Å²) in [6.07, 6.45) is 2.76. The molecule has 0 unspecified atom stereocenters. The van der Waals surface area contributed by atoms with Gasteiger partial charge in [0.05, 0.1) is 4.92 Å². The van der Waals surface area contributed by atoms with Crippen molar-refractivity contribution in [3.05, 3.63) is 46.5 Å². The van der Waals surface area contributed by atoms with Gasteiger partial charge in [-0.2, -0.15) is 5.10 Å². The van der Waals surface area contributed by atoms with Gasteiger partial charge in [-0.3, -0.25) is 15.2 Å². The summed E-state index contributed by atoms with van der Waals surface area (Å²) in [5.41, 5.74) is 2.18. The van der Waals surface area contributed by atoms with Crippen LogP contribution in [0.5, 0.6) is 0 Å². The highest BCUT2D eigenvalue weighted by molar-refractivity contribution is 5.77. The maximum Gasteiger partial charge on any atom is 0.353 e. The maximum absolute atomic E-state index is 11.9. The molecular weight excluding hydrogens is 372 g/mol. The quantitative estimate of drug-likeness (QED) is 0.477. The van der Waals surface area contributed by atoms with Gasteiger partial charge >= 0.3 is 5.69 Å². The monoisotopic (exact) mass is 396 g/mol. The minimum atomic E-state index is -0.452. The van der Waals surface area contributed by atoms with E-state index in [0.717, 1.165) is 11.1 Å². The number of nitrogens with zero attached hydrogens (tertiary/aromatic N) is 6. The molecule has 3 rings (SSSR count). The minimum absolute atomic E-state index is 0.0524. The topological polar surface area (TPSA) is 126 Å². The Morgan fingerprint density at radius 1 is 1.21 bits per heavy atom. The molecule has 2 heterocycles. The van der Waals surface area contributed by atoms with Crippen LogP contribution in [0.2, 0.25) is 0 Å². The summed E-state index contributed by atoms with van der Waals surface area (Å²) in [6.45, 7) is 8.70. The summed E-state index contributed by atoms with van der Waals surface area (Å²) in [7, 11) is 1.79. The van der Waals surface area contributed by atoms with E-state index < -0.39 is 4.92 Å². The van der Waals surface area contributed by atoms with Gasteiger partial charge in [-0.15, -0.1) is 0 Å². The van der Waals surface area contributed by atoms with Crippen molar-refractivity contribution in [1.82, 2.24) is 25.1 Å². The fourth-order valence-corrected chi connectivity index (χ4v) is 3.07. The van der Waals surface area contributed by atoms with E-state index in [0.29, 0.717) is 18.1 Å². The van der Waals surface area contributed by atoms with Crippen molar-refractivity contribution in [2.75, 3.05) is 23.8 Å². The molecule has 29 heavy (non-hydrogen) atoms. The number of H-pyrrole nitrogens is 1. The largest absolute Gasteiger partial charge is 0.353 e. The standard InChI is InChI=1S/C19H24N8O2/c1-12-6-7-13(16-21-11-23-25-16)8-14(12)24-17-15(27(28)29)18(22-10-20-17)26(5)9-19(2,3)4/h6-8,10-11H,9H2,1-5H3,(H,20,22,24)(H,21,23,25). The number of aromatic nitrogens is 5. The molecule has 10 heteroatoms. The Hall–Kier alpha value is -3.56. The SMILES string of the molecule is Cc1ccc(-c2ncn[nH]2)cc1Nc1ncnc(N(C)CC(C)(C)C)c1[N+](=O)[O-]. The maximum atomic E-state index is 11.9. The zero-order valence-electron chi connectivity index (χ0n) is 17.1. The fraction of sp³-hybridized carbons (Fsp3) is 0.368. The third kappa shape index (κ3) is 4.65. The number of aromatic amines is 1. The van der Waals surface area contributed by atoms with E-state index in [1.54, 1.807) is 11.9 Å². The van der Waals surface area contributed by atoms with Crippen LogP contribution >= 0.6 is 0 Å². The van der Waals surface area contributed by atoms with E-state index in [4.69, 9.17) is 0 Å². The van der Waals surface area contributed by atoms with Crippen molar-refractivity contribution in [2.45, 2.75) is 27.7 Å².